The number of aryl methyl sites for hydroxylation is 1. The molecule has 7 nitrogen and oxygen atoms in total. The molecular weight excluding hydrogens is 368 g/mol. The fourth-order valence-electron chi connectivity index (χ4n) is 2.52. The Bertz CT molecular complexity index is 895. The monoisotopic (exact) mass is 392 g/mol. The van der Waals surface area contributed by atoms with E-state index in [1.54, 1.807) is 30.3 Å². The third kappa shape index (κ3) is 5.62. The van der Waals surface area contributed by atoms with Crippen LogP contribution in [-0.2, 0) is 14.8 Å². The normalized spacial score (nSPS) is 11.0. The quantitative estimate of drug-likeness (QED) is 0.747. The van der Waals surface area contributed by atoms with E-state index in [0.29, 0.717) is 22.9 Å². The molecule has 2 aromatic rings. The molecule has 2 aromatic carbocycles. The summed E-state index contributed by atoms with van der Waals surface area (Å²) in [5, 5.41) is 2.74. The second-order valence-corrected chi connectivity index (χ2v) is 7.94. The Morgan fingerprint density at radius 3 is 2.30 bits per heavy atom. The molecule has 0 saturated heterocycles. The summed E-state index contributed by atoms with van der Waals surface area (Å²) in [6, 6.07) is 12.1. The zero-order valence-corrected chi connectivity index (χ0v) is 16.7. The summed E-state index contributed by atoms with van der Waals surface area (Å²) in [6.45, 7) is 1.95. The van der Waals surface area contributed by atoms with Gasteiger partial charge in [0.2, 0.25) is 15.9 Å². The van der Waals surface area contributed by atoms with E-state index in [0.717, 1.165) is 11.8 Å². The first-order valence-corrected chi connectivity index (χ1v) is 10.2. The lowest BCUT2D eigenvalue weighted by molar-refractivity contribution is -0.116. The highest BCUT2D eigenvalue weighted by atomic mass is 32.2. The van der Waals surface area contributed by atoms with E-state index in [1.165, 1.54) is 18.5 Å². The summed E-state index contributed by atoms with van der Waals surface area (Å²) < 4.78 is 35.8. The molecule has 0 radical (unpaired) electrons. The highest BCUT2D eigenvalue weighted by molar-refractivity contribution is 7.92. The lowest BCUT2D eigenvalue weighted by Crippen LogP contribution is -2.33. The number of hydrogen-bond acceptors (Lipinski definition) is 5. The number of nitrogens with zero attached hydrogens (tertiary/aromatic N) is 1. The Balaban J connectivity index is 2.09. The number of carbonyl (C=O) groups excluding carboxylic acids is 1. The molecule has 0 aliphatic carbocycles. The van der Waals surface area contributed by atoms with Crippen molar-refractivity contribution in [3.63, 3.8) is 0 Å². The molecule has 146 valence electrons. The Kier molecular flexibility index (Phi) is 6.68. The van der Waals surface area contributed by atoms with Crippen LogP contribution in [0, 0.1) is 6.92 Å². The fraction of sp³-hybridized carbons (Fsp3) is 0.316. The van der Waals surface area contributed by atoms with Gasteiger partial charge < -0.3 is 14.8 Å². The minimum absolute atomic E-state index is 0.00384. The summed E-state index contributed by atoms with van der Waals surface area (Å²) in [5.41, 5.74) is 2.04. The van der Waals surface area contributed by atoms with Crippen LogP contribution in [0.1, 0.15) is 12.0 Å². The first-order valence-electron chi connectivity index (χ1n) is 8.31. The highest BCUT2D eigenvalue weighted by Gasteiger charge is 2.19. The topological polar surface area (TPSA) is 84.9 Å². The van der Waals surface area contributed by atoms with Gasteiger partial charge in [-0.2, -0.15) is 0 Å². The Morgan fingerprint density at radius 1 is 1.07 bits per heavy atom. The minimum atomic E-state index is -3.51. The average Bonchev–Trinajstić information content (AvgIpc) is 2.62. The number of benzene rings is 2. The number of rotatable bonds is 8. The molecule has 0 saturated carbocycles. The van der Waals surface area contributed by atoms with Gasteiger partial charge in [-0.1, -0.05) is 17.7 Å². The van der Waals surface area contributed by atoms with Gasteiger partial charge in [0.1, 0.15) is 11.5 Å². The van der Waals surface area contributed by atoms with E-state index < -0.39 is 10.0 Å². The largest absolute Gasteiger partial charge is 0.497 e. The highest BCUT2D eigenvalue weighted by Crippen LogP contribution is 2.29. The number of hydrogen-bond donors (Lipinski definition) is 1. The molecule has 0 atom stereocenters. The number of nitrogens with one attached hydrogen (secondary N) is 1. The maximum Gasteiger partial charge on any atom is 0.232 e. The molecule has 0 unspecified atom stereocenters. The third-order valence-electron chi connectivity index (χ3n) is 3.95. The summed E-state index contributed by atoms with van der Waals surface area (Å²) in [7, 11) is -0.476. The van der Waals surface area contributed by atoms with Gasteiger partial charge in [0, 0.05) is 19.0 Å². The van der Waals surface area contributed by atoms with Crippen LogP contribution < -0.4 is 19.1 Å². The number of amides is 1. The van der Waals surface area contributed by atoms with Crippen molar-refractivity contribution in [3.05, 3.63) is 48.0 Å². The lowest BCUT2D eigenvalue weighted by Gasteiger charge is -2.22. The van der Waals surface area contributed by atoms with Crippen molar-refractivity contribution in [2.75, 3.05) is 36.6 Å². The van der Waals surface area contributed by atoms with Gasteiger partial charge in [-0.3, -0.25) is 9.10 Å². The van der Waals surface area contributed by atoms with Crippen molar-refractivity contribution < 1.29 is 22.7 Å². The summed E-state index contributed by atoms with van der Waals surface area (Å²) in [4.78, 5) is 12.3. The van der Waals surface area contributed by atoms with Crippen LogP contribution in [-0.4, -0.2) is 41.3 Å². The SMILES string of the molecule is COc1ccc(NC(=O)CCN(c2ccc(C)cc2)S(C)(=O)=O)c(OC)c1. The lowest BCUT2D eigenvalue weighted by atomic mass is 10.2. The van der Waals surface area contributed by atoms with Gasteiger partial charge in [-0.05, 0) is 31.2 Å². The van der Waals surface area contributed by atoms with Crippen molar-refractivity contribution in [3.8, 4) is 11.5 Å². The Hall–Kier alpha value is -2.74. The van der Waals surface area contributed by atoms with Crippen LogP contribution in [0.25, 0.3) is 0 Å². The van der Waals surface area contributed by atoms with E-state index in [1.807, 2.05) is 19.1 Å². The van der Waals surface area contributed by atoms with Gasteiger partial charge in [0.15, 0.2) is 0 Å². The third-order valence-corrected chi connectivity index (χ3v) is 5.14. The predicted octanol–water partition coefficient (Wildman–Crippen LogP) is 2.81. The Labute approximate surface area is 160 Å². The smallest absolute Gasteiger partial charge is 0.232 e. The van der Waals surface area contributed by atoms with E-state index in [4.69, 9.17) is 9.47 Å². The average molecular weight is 392 g/mol. The van der Waals surface area contributed by atoms with Crippen LogP contribution in [0.4, 0.5) is 11.4 Å². The first-order chi connectivity index (χ1) is 12.7. The first kappa shape index (κ1) is 20.6. The maximum atomic E-state index is 12.3. The number of ether oxygens (including phenoxy) is 2. The van der Waals surface area contributed by atoms with Crippen LogP contribution in [0.5, 0.6) is 11.5 Å². The van der Waals surface area contributed by atoms with Crippen molar-refractivity contribution in [2.24, 2.45) is 0 Å². The summed E-state index contributed by atoms with van der Waals surface area (Å²) in [6.07, 6.45) is 1.12. The van der Waals surface area contributed by atoms with Crippen molar-refractivity contribution in [1.29, 1.82) is 0 Å². The van der Waals surface area contributed by atoms with Crippen LogP contribution in [0.3, 0.4) is 0 Å². The number of anilines is 2. The molecule has 1 amide bonds. The maximum absolute atomic E-state index is 12.3. The molecule has 0 aliphatic rings. The second-order valence-electron chi connectivity index (χ2n) is 6.04. The summed E-state index contributed by atoms with van der Waals surface area (Å²) >= 11 is 0. The van der Waals surface area contributed by atoms with Gasteiger partial charge >= 0.3 is 0 Å². The Morgan fingerprint density at radius 2 is 1.74 bits per heavy atom. The molecule has 0 bridgehead atoms. The number of methoxy groups -OCH3 is 2. The molecule has 0 aliphatic heterocycles. The minimum Gasteiger partial charge on any atom is -0.497 e. The molecule has 0 spiro atoms. The van der Waals surface area contributed by atoms with Gasteiger partial charge in [-0.15, -0.1) is 0 Å². The van der Waals surface area contributed by atoms with E-state index >= 15 is 0 Å². The zero-order chi connectivity index (χ0) is 20.0. The van der Waals surface area contributed by atoms with E-state index in [9.17, 15) is 13.2 Å². The molecule has 0 aromatic heterocycles. The molecule has 0 fully saturated rings. The predicted molar refractivity (Wildman–Crippen MR) is 106 cm³/mol. The fourth-order valence-corrected chi connectivity index (χ4v) is 3.44. The molecule has 1 N–H and O–H groups in total. The molecule has 0 heterocycles. The number of sulfonamides is 1. The van der Waals surface area contributed by atoms with Crippen molar-refractivity contribution in [2.45, 2.75) is 13.3 Å². The van der Waals surface area contributed by atoms with Crippen LogP contribution in [0.2, 0.25) is 0 Å². The van der Waals surface area contributed by atoms with Gasteiger partial charge in [-0.25, -0.2) is 8.42 Å². The van der Waals surface area contributed by atoms with E-state index in [-0.39, 0.29) is 18.9 Å². The van der Waals surface area contributed by atoms with Gasteiger partial charge in [0.25, 0.3) is 0 Å². The van der Waals surface area contributed by atoms with Crippen molar-refractivity contribution in [1.82, 2.24) is 0 Å². The zero-order valence-electron chi connectivity index (χ0n) is 15.9. The van der Waals surface area contributed by atoms with Crippen molar-refractivity contribution >= 4 is 27.3 Å². The van der Waals surface area contributed by atoms with E-state index in [2.05, 4.69) is 5.32 Å². The second kappa shape index (κ2) is 8.77. The summed E-state index contributed by atoms with van der Waals surface area (Å²) in [5.74, 6) is 0.743. The molecular formula is C19H24N2O5S. The molecule has 27 heavy (non-hydrogen) atoms. The molecule has 2 rings (SSSR count). The van der Waals surface area contributed by atoms with Crippen LogP contribution >= 0.6 is 0 Å². The van der Waals surface area contributed by atoms with Gasteiger partial charge in [0.05, 0.1) is 31.9 Å². The van der Waals surface area contributed by atoms with Crippen LogP contribution in [0.15, 0.2) is 42.5 Å². The number of carbonyl (C=O) groups is 1. The standard InChI is InChI=1S/C19H24N2O5S/c1-14-5-7-15(8-6-14)21(27(4,23)24)12-11-19(22)20-17-10-9-16(25-2)13-18(17)26-3/h5-10,13H,11-12H2,1-4H3,(H,20,22). The molecule has 8 heteroatoms.